The molecule has 6 heteroatoms. The molecule has 3 rings (SSSR count). The second-order valence-electron chi connectivity index (χ2n) is 6.22. The number of rotatable bonds is 7. The fourth-order valence-corrected chi connectivity index (χ4v) is 3.79. The smallest absolute Gasteiger partial charge is 0.234 e. The van der Waals surface area contributed by atoms with E-state index in [-0.39, 0.29) is 5.91 Å². The van der Waals surface area contributed by atoms with Crippen molar-refractivity contribution >= 4 is 23.4 Å². The van der Waals surface area contributed by atoms with Crippen LogP contribution in [0.25, 0.3) is 11.4 Å². The third kappa shape index (κ3) is 4.39. The Balaban J connectivity index is 1.71. The summed E-state index contributed by atoms with van der Waals surface area (Å²) in [5.74, 6) is 1.09. The SMILES string of the molecule is CCc1cccc(C)c1NC(=O)CSc1nnc(-c2ccccc2)n1CC. The van der Waals surface area contributed by atoms with Gasteiger partial charge in [-0.15, -0.1) is 10.2 Å². The number of hydrogen-bond acceptors (Lipinski definition) is 4. The van der Waals surface area contributed by atoms with E-state index in [0.29, 0.717) is 5.75 Å². The second kappa shape index (κ2) is 8.86. The van der Waals surface area contributed by atoms with Crippen molar-refractivity contribution in [1.29, 1.82) is 0 Å². The van der Waals surface area contributed by atoms with E-state index in [1.165, 1.54) is 11.8 Å². The maximum atomic E-state index is 12.5. The lowest BCUT2D eigenvalue weighted by Crippen LogP contribution is -2.16. The summed E-state index contributed by atoms with van der Waals surface area (Å²) < 4.78 is 2.04. The van der Waals surface area contributed by atoms with Crippen LogP contribution in [0.5, 0.6) is 0 Å². The van der Waals surface area contributed by atoms with Crippen LogP contribution >= 0.6 is 11.8 Å². The minimum absolute atomic E-state index is 0.0316. The molecule has 0 spiro atoms. The Morgan fingerprint density at radius 2 is 1.85 bits per heavy atom. The topological polar surface area (TPSA) is 59.8 Å². The molecule has 2 aromatic carbocycles. The molecular formula is C21H24N4OS. The van der Waals surface area contributed by atoms with Crippen LogP contribution in [0.1, 0.15) is 25.0 Å². The van der Waals surface area contributed by atoms with Gasteiger partial charge in [-0.05, 0) is 31.4 Å². The Morgan fingerprint density at radius 1 is 1.07 bits per heavy atom. The number of nitrogens with one attached hydrogen (secondary N) is 1. The summed E-state index contributed by atoms with van der Waals surface area (Å²) in [4.78, 5) is 12.5. The highest BCUT2D eigenvalue weighted by atomic mass is 32.2. The number of aromatic nitrogens is 3. The van der Waals surface area contributed by atoms with Gasteiger partial charge in [-0.2, -0.15) is 0 Å². The largest absolute Gasteiger partial charge is 0.325 e. The lowest BCUT2D eigenvalue weighted by atomic mass is 10.1. The Hall–Kier alpha value is -2.60. The van der Waals surface area contributed by atoms with Crippen LogP contribution in [0.4, 0.5) is 5.69 Å². The fraction of sp³-hybridized carbons (Fsp3) is 0.286. The lowest BCUT2D eigenvalue weighted by molar-refractivity contribution is -0.113. The first kappa shape index (κ1) is 19.2. The molecule has 1 N–H and O–H groups in total. The van der Waals surface area contributed by atoms with E-state index >= 15 is 0 Å². The van der Waals surface area contributed by atoms with E-state index in [1.54, 1.807) is 0 Å². The summed E-state index contributed by atoms with van der Waals surface area (Å²) in [5, 5.41) is 12.4. The van der Waals surface area contributed by atoms with Gasteiger partial charge in [0, 0.05) is 17.8 Å². The van der Waals surface area contributed by atoms with Gasteiger partial charge < -0.3 is 9.88 Å². The van der Waals surface area contributed by atoms with Gasteiger partial charge in [0.1, 0.15) is 0 Å². The molecule has 0 radical (unpaired) electrons. The molecule has 0 aliphatic rings. The summed E-state index contributed by atoms with van der Waals surface area (Å²) in [6.07, 6.45) is 0.884. The molecular weight excluding hydrogens is 356 g/mol. The second-order valence-corrected chi connectivity index (χ2v) is 7.16. The fourth-order valence-electron chi connectivity index (χ4n) is 2.99. The minimum atomic E-state index is -0.0316. The Morgan fingerprint density at radius 3 is 2.56 bits per heavy atom. The van der Waals surface area contributed by atoms with Crippen molar-refractivity contribution in [2.24, 2.45) is 0 Å². The molecule has 0 saturated heterocycles. The van der Waals surface area contributed by atoms with E-state index in [4.69, 9.17) is 0 Å². The highest BCUT2D eigenvalue weighted by molar-refractivity contribution is 7.99. The molecule has 27 heavy (non-hydrogen) atoms. The first-order chi connectivity index (χ1) is 13.1. The summed E-state index contributed by atoms with van der Waals surface area (Å²) in [7, 11) is 0. The minimum Gasteiger partial charge on any atom is -0.325 e. The molecule has 3 aromatic rings. The normalized spacial score (nSPS) is 10.8. The van der Waals surface area contributed by atoms with Crippen LogP contribution in [0.2, 0.25) is 0 Å². The Bertz CT molecular complexity index is 921. The van der Waals surface area contributed by atoms with Crippen molar-refractivity contribution in [1.82, 2.24) is 14.8 Å². The number of hydrogen-bond donors (Lipinski definition) is 1. The molecule has 0 atom stereocenters. The molecule has 1 amide bonds. The van der Waals surface area contributed by atoms with Gasteiger partial charge in [-0.25, -0.2) is 0 Å². The summed E-state index contributed by atoms with van der Waals surface area (Å²) in [5.41, 5.74) is 4.18. The Labute approximate surface area is 164 Å². The summed E-state index contributed by atoms with van der Waals surface area (Å²) in [6.45, 7) is 6.91. The van der Waals surface area contributed by atoms with E-state index in [2.05, 4.69) is 35.4 Å². The molecule has 0 aliphatic heterocycles. The molecule has 0 unspecified atom stereocenters. The third-order valence-electron chi connectivity index (χ3n) is 4.40. The quantitative estimate of drug-likeness (QED) is 0.610. The van der Waals surface area contributed by atoms with Crippen molar-refractivity contribution < 1.29 is 4.79 Å². The zero-order chi connectivity index (χ0) is 19.2. The first-order valence-corrected chi connectivity index (χ1v) is 10.1. The van der Waals surface area contributed by atoms with Crippen molar-refractivity contribution in [2.45, 2.75) is 38.9 Å². The molecule has 0 bridgehead atoms. The number of nitrogens with zero attached hydrogens (tertiary/aromatic N) is 3. The standard InChI is InChI=1S/C21H24N4OS/c1-4-16-13-9-10-15(3)19(16)22-18(26)14-27-21-24-23-20(25(21)5-2)17-11-7-6-8-12-17/h6-13H,4-5,14H2,1-3H3,(H,22,26). The van der Waals surface area contributed by atoms with E-state index in [0.717, 1.165) is 46.3 Å². The highest BCUT2D eigenvalue weighted by Gasteiger charge is 2.15. The van der Waals surface area contributed by atoms with Gasteiger partial charge >= 0.3 is 0 Å². The average molecular weight is 381 g/mol. The Kier molecular flexibility index (Phi) is 6.29. The van der Waals surface area contributed by atoms with Gasteiger partial charge in [0.15, 0.2) is 11.0 Å². The van der Waals surface area contributed by atoms with Gasteiger partial charge in [-0.1, -0.05) is 67.2 Å². The van der Waals surface area contributed by atoms with Crippen LogP contribution in [0.15, 0.2) is 53.7 Å². The molecule has 1 heterocycles. The van der Waals surface area contributed by atoms with Crippen LogP contribution in [0.3, 0.4) is 0 Å². The summed E-state index contributed by atoms with van der Waals surface area (Å²) >= 11 is 1.41. The van der Waals surface area contributed by atoms with Crippen molar-refractivity contribution in [3.63, 3.8) is 0 Å². The van der Waals surface area contributed by atoms with Crippen LogP contribution in [-0.4, -0.2) is 26.4 Å². The van der Waals surface area contributed by atoms with E-state index in [9.17, 15) is 4.79 Å². The van der Waals surface area contributed by atoms with Crippen molar-refractivity contribution in [3.05, 3.63) is 59.7 Å². The monoisotopic (exact) mass is 380 g/mol. The number of aryl methyl sites for hydroxylation is 2. The summed E-state index contributed by atoms with van der Waals surface area (Å²) in [6, 6.07) is 16.1. The van der Waals surface area contributed by atoms with Crippen LogP contribution < -0.4 is 5.32 Å². The zero-order valence-electron chi connectivity index (χ0n) is 15.9. The predicted molar refractivity (Wildman–Crippen MR) is 111 cm³/mol. The number of benzene rings is 2. The van der Waals surface area contributed by atoms with Gasteiger partial charge in [0.2, 0.25) is 5.91 Å². The number of anilines is 1. The van der Waals surface area contributed by atoms with Gasteiger partial charge in [0.05, 0.1) is 5.75 Å². The molecule has 0 fully saturated rings. The number of thioether (sulfide) groups is 1. The number of para-hydroxylation sites is 1. The number of amides is 1. The highest BCUT2D eigenvalue weighted by Crippen LogP contribution is 2.25. The molecule has 140 valence electrons. The lowest BCUT2D eigenvalue weighted by Gasteiger charge is -2.13. The average Bonchev–Trinajstić information content (AvgIpc) is 3.11. The van der Waals surface area contributed by atoms with Crippen molar-refractivity contribution in [2.75, 3.05) is 11.1 Å². The molecule has 0 aliphatic carbocycles. The predicted octanol–water partition coefficient (Wildman–Crippen LogP) is 4.57. The maximum absolute atomic E-state index is 12.5. The first-order valence-electron chi connectivity index (χ1n) is 9.13. The molecule has 1 aromatic heterocycles. The molecule has 0 saturated carbocycles. The van der Waals surface area contributed by atoms with E-state index in [1.807, 2.05) is 54.0 Å². The van der Waals surface area contributed by atoms with Crippen LogP contribution in [-0.2, 0) is 17.8 Å². The van der Waals surface area contributed by atoms with Gasteiger partial charge in [0.25, 0.3) is 0 Å². The zero-order valence-corrected chi connectivity index (χ0v) is 16.7. The molecule has 5 nitrogen and oxygen atoms in total. The van der Waals surface area contributed by atoms with Crippen LogP contribution in [0, 0.1) is 6.92 Å². The number of carbonyl (C=O) groups is 1. The maximum Gasteiger partial charge on any atom is 0.234 e. The van der Waals surface area contributed by atoms with Crippen molar-refractivity contribution in [3.8, 4) is 11.4 Å². The van der Waals surface area contributed by atoms with E-state index < -0.39 is 0 Å². The third-order valence-corrected chi connectivity index (χ3v) is 5.37. The van der Waals surface area contributed by atoms with Gasteiger partial charge in [-0.3, -0.25) is 4.79 Å². The number of carbonyl (C=O) groups excluding carboxylic acids is 1.